The predicted octanol–water partition coefficient (Wildman–Crippen LogP) is 10.6. The van der Waals surface area contributed by atoms with Gasteiger partial charge in [-0.3, -0.25) is 0 Å². The summed E-state index contributed by atoms with van der Waals surface area (Å²) < 4.78 is 8.10. The summed E-state index contributed by atoms with van der Waals surface area (Å²) in [5, 5.41) is 0. The molecule has 156 valence electrons. The van der Waals surface area contributed by atoms with Crippen LogP contribution in [0.3, 0.4) is 0 Å². The molecule has 0 N–H and O–H groups in total. The van der Waals surface area contributed by atoms with Crippen LogP contribution in [0.15, 0.2) is 16.8 Å². The van der Waals surface area contributed by atoms with Crippen LogP contribution in [0, 0.1) is 6.28 Å². The molecule has 0 amide bonds. The number of thioether (sulfide) groups is 4. The zero-order valence-corrected chi connectivity index (χ0v) is 23.7. The molecule has 0 spiro atoms. The van der Waals surface area contributed by atoms with E-state index in [9.17, 15) is 0 Å². The van der Waals surface area contributed by atoms with Crippen LogP contribution in [0.2, 0.25) is 0 Å². The van der Waals surface area contributed by atoms with Gasteiger partial charge in [-0.25, -0.2) is 0 Å². The molecule has 10 heteroatoms. The van der Waals surface area contributed by atoms with Crippen molar-refractivity contribution in [3.05, 3.63) is 6.28 Å². The molecule has 0 saturated carbocycles. The largest absolute Gasteiger partial charge is 0.145 e. The summed E-state index contributed by atoms with van der Waals surface area (Å²) in [6.45, 7) is 0. The molecular formula is C18H24S10. The highest BCUT2D eigenvalue weighted by atomic mass is 32.2. The van der Waals surface area contributed by atoms with Crippen LogP contribution in [0.25, 0.3) is 0 Å². The van der Waals surface area contributed by atoms with Gasteiger partial charge in [0.15, 0.2) is 0 Å². The SMILES string of the molecule is S=c1sc2c(s1)SCCCCCCSc1sc(=S)sc1SCCCCCCS2. The molecule has 2 aromatic rings. The van der Waals surface area contributed by atoms with Gasteiger partial charge in [-0.1, -0.05) is 50.1 Å². The molecule has 3 heterocycles. The van der Waals surface area contributed by atoms with Crippen molar-refractivity contribution in [2.24, 2.45) is 0 Å². The van der Waals surface area contributed by atoms with Gasteiger partial charge in [0, 0.05) is 0 Å². The van der Waals surface area contributed by atoms with E-state index in [1.807, 2.05) is 92.4 Å². The van der Waals surface area contributed by atoms with Crippen LogP contribution in [0.4, 0.5) is 0 Å². The molecule has 3 rings (SSSR count). The predicted molar refractivity (Wildman–Crippen MR) is 146 cm³/mol. The minimum atomic E-state index is 1.09. The maximum Gasteiger partial charge on any atom is 0.145 e. The fourth-order valence-electron chi connectivity index (χ4n) is 2.64. The second kappa shape index (κ2) is 14.2. The molecule has 0 aromatic carbocycles. The number of rotatable bonds is 0. The zero-order valence-electron chi connectivity index (χ0n) is 15.6. The Labute approximate surface area is 212 Å². The minimum absolute atomic E-state index is 1.09. The summed E-state index contributed by atoms with van der Waals surface area (Å²) in [5.41, 5.74) is 0. The van der Waals surface area contributed by atoms with E-state index in [0.717, 1.165) is 6.28 Å². The summed E-state index contributed by atoms with van der Waals surface area (Å²) in [7, 11) is 0. The molecule has 0 fully saturated rings. The maximum atomic E-state index is 5.46. The fraction of sp³-hybridized carbons (Fsp3) is 0.667. The lowest BCUT2D eigenvalue weighted by Gasteiger charge is -2.06. The first-order valence-electron chi connectivity index (χ1n) is 9.51. The lowest BCUT2D eigenvalue weighted by Crippen LogP contribution is -1.86. The van der Waals surface area contributed by atoms with Crippen molar-refractivity contribution < 1.29 is 0 Å². The molecule has 1 aliphatic rings. The van der Waals surface area contributed by atoms with Gasteiger partial charge in [0.25, 0.3) is 0 Å². The summed E-state index contributed by atoms with van der Waals surface area (Å²) >= 11 is 26.4. The van der Waals surface area contributed by atoms with Gasteiger partial charge in [-0.2, -0.15) is 0 Å². The van der Waals surface area contributed by atoms with E-state index in [0.29, 0.717) is 0 Å². The standard InChI is InChI=1S/C18H24S10/c19-17-25-13-14(26-17)23-11-7-3-4-8-12-24-16-15(27-18(20)28-16)22-10-6-2-1-5-9-21-13/h1-12H2. The summed E-state index contributed by atoms with van der Waals surface area (Å²) in [4.78, 5) is 0. The monoisotopic (exact) mass is 560 g/mol. The Kier molecular flexibility index (Phi) is 12.4. The third-order valence-corrected chi connectivity index (χ3v) is 15.6. The highest BCUT2D eigenvalue weighted by Gasteiger charge is 2.10. The first-order chi connectivity index (χ1) is 13.7. The highest BCUT2D eigenvalue weighted by molar-refractivity contribution is 8.05. The van der Waals surface area contributed by atoms with Crippen molar-refractivity contribution >= 4 is 117 Å². The molecule has 0 nitrogen and oxygen atoms in total. The molecule has 0 unspecified atom stereocenters. The van der Waals surface area contributed by atoms with Gasteiger partial charge >= 0.3 is 0 Å². The smallest absolute Gasteiger partial charge is 0.113 e. The fourth-order valence-corrected chi connectivity index (χ4v) is 15.1. The Morgan fingerprint density at radius 1 is 0.393 bits per heavy atom. The Balaban J connectivity index is 1.52. The summed E-state index contributed by atoms with van der Waals surface area (Å²) in [6, 6.07) is 0. The molecule has 0 aliphatic carbocycles. The lowest BCUT2D eigenvalue weighted by atomic mass is 10.2. The molecule has 2 aromatic heterocycles. The van der Waals surface area contributed by atoms with Gasteiger partial charge in [-0.15, -0.1) is 92.4 Å². The average molecular weight is 561 g/mol. The average Bonchev–Trinajstić information content (AvgIpc) is 3.20. The van der Waals surface area contributed by atoms with E-state index in [-0.39, 0.29) is 0 Å². The van der Waals surface area contributed by atoms with Crippen LogP contribution >= 0.6 is 117 Å². The van der Waals surface area contributed by atoms with E-state index >= 15 is 0 Å². The van der Waals surface area contributed by atoms with E-state index in [1.54, 1.807) is 0 Å². The van der Waals surface area contributed by atoms with Crippen molar-refractivity contribution in [1.82, 2.24) is 0 Å². The van der Waals surface area contributed by atoms with E-state index in [4.69, 9.17) is 24.4 Å². The van der Waals surface area contributed by atoms with Crippen molar-refractivity contribution in [1.29, 1.82) is 0 Å². The number of hydrogen-bond acceptors (Lipinski definition) is 10. The quantitative estimate of drug-likeness (QED) is 0.292. The topological polar surface area (TPSA) is 0 Å². The Morgan fingerprint density at radius 3 is 0.893 bits per heavy atom. The van der Waals surface area contributed by atoms with Crippen LogP contribution < -0.4 is 0 Å². The molecular weight excluding hydrogens is 537 g/mol. The number of hydrogen-bond donors (Lipinski definition) is 0. The molecule has 0 bridgehead atoms. The first kappa shape index (κ1) is 24.6. The third-order valence-electron chi connectivity index (χ3n) is 4.05. The Morgan fingerprint density at radius 2 is 0.643 bits per heavy atom. The Bertz CT molecular complexity index is 682. The van der Waals surface area contributed by atoms with Gasteiger partial charge in [0.1, 0.15) is 6.28 Å². The van der Waals surface area contributed by atoms with E-state index in [1.165, 1.54) is 91.2 Å². The van der Waals surface area contributed by atoms with Crippen LogP contribution in [0.5, 0.6) is 0 Å². The Hall–Kier alpha value is 1.94. The van der Waals surface area contributed by atoms with Crippen LogP contribution in [-0.2, 0) is 0 Å². The second-order valence-corrected chi connectivity index (χ2v) is 18.2. The molecule has 28 heavy (non-hydrogen) atoms. The molecule has 0 radical (unpaired) electrons. The number of fused-ring (bicyclic) bond motifs is 2. The van der Waals surface area contributed by atoms with Crippen molar-refractivity contribution in [3.63, 3.8) is 0 Å². The first-order valence-corrected chi connectivity index (χ1v) is 17.5. The minimum Gasteiger partial charge on any atom is -0.113 e. The van der Waals surface area contributed by atoms with Crippen molar-refractivity contribution in [3.8, 4) is 0 Å². The third kappa shape index (κ3) is 8.82. The normalized spacial score (nSPS) is 18.9. The molecule has 1 aliphatic heterocycles. The van der Waals surface area contributed by atoms with Gasteiger partial charge in [-0.05, 0) is 48.7 Å². The highest BCUT2D eigenvalue weighted by Crippen LogP contribution is 2.42. The summed E-state index contributed by atoms with van der Waals surface area (Å²) in [5.74, 6) is 4.93. The lowest BCUT2D eigenvalue weighted by molar-refractivity contribution is 0.710. The molecule has 0 saturated heterocycles. The second-order valence-electron chi connectivity index (χ2n) is 6.28. The van der Waals surface area contributed by atoms with Gasteiger partial charge in [0.05, 0.1) is 16.8 Å². The van der Waals surface area contributed by atoms with Gasteiger partial charge in [0.2, 0.25) is 0 Å². The van der Waals surface area contributed by atoms with E-state index < -0.39 is 0 Å². The van der Waals surface area contributed by atoms with Gasteiger partial charge < -0.3 is 0 Å². The summed E-state index contributed by atoms with van der Waals surface area (Å²) in [6.07, 6.45) is 10.6. The van der Waals surface area contributed by atoms with Crippen LogP contribution in [0.1, 0.15) is 51.4 Å². The van der Waals surface area contributed by atoms with Crippen LogP contribution in [-0.4, -0.2) is 23.0 Å². The maximum absolute atomic E-state index is 5.46. The van der Waals surface area contributed by atoms with Crippen molar-refractivity contribution in [2.45, 2.75) is 68.2 Å². The molecule has 0 atom stereocenters. The van der Waals surface area contributed by atoms with Crippen molar-refractivity contribution in [2.75, 3.05) is 23.0 Å². The zero-order chi connectivity index (χ0) is 19.6. The van der Waals surface area contributed by atoms with E-state index in [2.05, 4.69) is 0 Å².